The van der Waals surface area contributed by atoms with E-state index in [0.29, 0.717) is 23.3 Å². The molecule has 7 nitrogen and oxygen atoms in total. The molecule has 1 saturated heterocycles. The lowest BCUT2D eigenvalue weighted by Gasteiger charge is -2.38. The molecule has 0 radical (unpaired) electrons. The van der Waals surface area contributed by atoms with E-state index in [1.807, 2.05) is 38.1 Å². The van der Waals surface area contributed by atoms with E-state index in [1.165, 1.54) is 11.3 Å². The van der Waals surface area contributed by atoms with Gasteiger partial charge in [-0.15, -0.1) is 0 Å². The second-order valence-corrected chi connectivity index (χ2v) is 9.08. The van der Waals surface area contributed by atoms with E-state index in [2.05, 4.69) is 22.2 Å². The summed E-state index contributed by atoms with van der Waals surface area (Å²) in [5.74, 6) is -0.833. The van der Waals surface area contributed by atoms with Crippen LogP contribution in [0.2, 0.25) is 0 Å². The second-order valence-electron chi connectivity index (χ2n) is 8.02. The second kappa shape index (κ2) is 8.02. The van der Waals surface area contributed by atoms with Crippen molar-refractivity contribution in [2.75, 3.05) is 17.6 Å². The first kappa shape index (κ1) is 20.3. The molecule has 3 N–H and O–H groups in total. The fourth-order valence-corrected chi connectivity index (χ4v) is 4.63. The summed E-state index contributed by atoms with van der Waals surface area (Å²) in [4.78, 5) is 36.2. The van der Waals surface area contributed by atoms with Gasteiger partial charge in [0.05, 0.1) is 28.1 Å². The summed E-state index contributed by atoms with van der Waals surface area (Å²) in [6.07, 6.45) is 3.37. The summed E-state index contributed by atoms with van der Waals surface area (Å²) in [6.45, 7) is 6.47. The van der Waals surface area contributed by atoms with Crippen LogP contribution in [0.1, 0.15) is 42.6 Å². The van der Waals surface area contributed by atoms with Crippen LogP contribution in [-0.2, 0) is 9.59 Å². The normalized spacial score (nSPS) is 19.1. The van der Waals surface area contributed by atoms with Crippen molar-refractivity contribution in [3.8, 4) is 0 Å². The molecule has 3 heterocycles. The minimum Gasteiger partial charge on any atom is -0.375 e. The Bertz CT molecular complexity index is 1130. The Kier molecular flexibility index (Phi) is 5.42. The van der Waals surface area contributed by atoms with Gasteiger partial charge in [-0.2, -0.15) is 0 Å². The number of nitrogens with one attached hydrogen (secondary N) is 1. The van der Waals surface area contributed by atoms with Crippen LogP contribution in [0, 0.1) is 19.8 Å². The smallest absolute Gasteiger partial charge is 0.313 e. The molecule has 1 aromatic carbocycles. The first-order valence-electron chi connectivity index (χ1n) is 10.0. The summed E-state index contributed by atoms with van der Waals surface area (Å²) >= 11 is 1.44. The van der Waals surface area contributed by atoms with Crippen LogP contribution >= 0.6 is 11.3 Å². The van der Waals surface area contributed by atoms with Crippen molar-refractivity contribution in [3.63, 3.8) is 0 Å². The van der Waals surface area contributed by atoms with Gasteiger partial charge in [0.25, 0.3) is 0 Å². The first-order valence-corrected chi connectivity index (χ1v) is 10.8. The molecular weight excluding hydrogens is 398 g/mol. The van der Waals surface area contributed by atoms with Crippen LogP contribution in [-0.4, -0.2) is 33.2 Å². The maximum Gasteiger partial charge on any atom is 0.313 e. The van der Waals surface area contributed by atoms with E-state index in [9.17, 15) is 9.59 Å². The highest BCUT2D eigenvalue weighted by molar-refractivity contribution is 7.22. The number of amides is 2. The number of nitrogen functional groups attached to an aromatic ring is 1. The van der Waals surface area contributed by atoms with Gasteiger partial charge >= 0.3 is 11.8 Å². The number of aromatic nitrogens is 2. The molecule has 2 aromatic heterocycles. The zero-order valence-corrected chi connectivity index (χ0v) is 18.1. The lowest BCUT2D eigenvalue weighted by Crippen LogP contribution is -2.46. The minimum atomic E-state index is -0.641. The average Bonchev–Trinajstić information content (AvgIpc) is 3.09. The maximum atomic E-state index is 13.1. The van der Waals surface area contributed by atoms with Gasteiger partial charge in [-0.1, -0.05) is 24.3 Å². The summed E-state index contributed by atoms with van der Waals surface area (Å²) in [5.41, 5.74) is 10.0. The number of carbonyl (C=O) groups excluding carboxylic acids is 2. The molecule has 1 aliphatic rings. The third-order valence-electron chi connectivity index (χ3n) is 5.68. The standard InChI is InChI=1S/C22H25N5O2S/c1-12-4-6-18(15-5-7-19-17(9-15)26-22(23)30-19)27(11-12)21(29)20(28)25-16-8-13(2)14(3)24-10-16/h5,7-10,12,18H,4,6,11H2,1-3H3,(H2,23,26)(H,25,28)/t12-,18+/m1/s1. The monoisotopic (exact) mass is 423 g/mol. The van der Waals surface area contributed by atoms with Gasteiger partial charge in [0.2, 0.25) is 0 Å². The Morgan fingerprint density at radius 3 is 2.80 bits per heavy atom. The molecule has 156 valence electrons. The Balaban J connectivity index is 1.58. The van der Waals surface area contributed by atoms with E-state index >= 15 is 0 Å². The van der Waals surface area contributed by atoms with Crippen LogP contribution in [0.25, 0.3) is 10.2 Å². The zero-order valence-electron chi connectivity index (χ0n) is 17.3. The van der Waals surface area contributed by atoms with Crippen molar-refractivity contribution < 1.29 is 9.59 Å². The molecule has 2 atom stereocenters. The summed E-state index contributed by atoms with van der Waals surface area (Å²) < 4.78 is 1.01. The molecule has 0 spiro atoms. The zero-order chi connectivity index (χ0) is 21.4. The summed E-state index contributed by atoms with van der Waals surface area (Å²) in [5, 5.41) is 3.23. The van der Waals surface area contributed by atoms with E-state index < -0.39 is 11.8 Å². The van der Waals surface area contributed by atoms with E-state index in [4.69, 9.17) is 5.73 Å². The Labute approximate surface area is 179 Å². The number of fused-ring (bicyclic) bond motifs is 1. The van der Waals surface area contributed by atoms with Gasteiger partial charge in [0.1, 0.15) is 0 Å². The average molecular weight is 424 g/mol. The van der Waals surface area contributed by atoms with Gasteiger partial charge in [0, 0.05) is 12.2 Å². The van der Waals surface area contributed by atoms with Gasteiger partial charge in [-0.25, -0.2) is 4.98 Å². The van der Waals surface area contributed by atoms with Crippen molar-refractivity contribution in [1.82, 2.24) is 14.9 Å². The largest absolute Gasteiger partial charge is 0.375 e. The van der Waals surface area contributed by atoms with Gasteiger partial charge < -0.3 is 16.0 Å². The van der Waals surface area contributed by atoms with Crippen molar-refractivity contribution in [3.05, 3.63) is 47.3 Å². The van der Waals surface area contributed by atoms with Crippen molar-refractivity contribution in [1.29, 1.82) is 0 Å². The number of aryl methyl sites for hydroxylation is 2. The lowest BCUT2D eigenvalue weighted by atomic mass is 9.89. The Hall–Kier alpha value is -3.00. The lowest BCUT2D eigenvalue weighted by molar-refractivity contribution is -0.146. The summed E-state index contributed by atoms with van der Waals surface area (Å²) in [6, 6.07) is 7.63. The molecule has 0 saturated carbocycles. The number of nitrogens with zero attached hydrogens (tertiary/aromatic N) is 3. The number of benzene rings is 1. The third-order valence-corrected chi connectivity index (χ3v) is 6.55. The molecule has 30 heavy (non-hydrogen) atoms. The van der Waals surface area contributed by atoms with Crippen molar-refractivity contribution in [2.24, 2.45) is 5.92 Å². The molecule has 2 amide bonds. The fraction of sp³-hybridized carbons (Fsp3) is 0.364. The number of nitrogens with two attached hydrogens (primary N) is 1. The Morgan fingerprint density at radius 1 is 1.23 bits per heavy atom. The highest BCUT2D eigenvalue weighted by Gasteiger charge is 2.34. The number of likely N-dealkylation sites (tertiary alicyclic amines) is 1. The minimum absolute atomic E-state index is 0.162. The highest BCUT2D eigenvalue weighted by Crippen LogP contribution is 2.35. The molecule has 8 heteroatoms. The molecule has 0 aliphatic carbocycles. The topological polar surface area (TPSA) is 101 Å². The number of piperidine rings is 1. The quantitative estimate of drug-likeness (QED) is 0.610. The maximum absolute atomic E-state index is 13.1. The van der Waals surface area contributed by atoms with Crippen LogP contribution < -0.4 is 11.1 Å². The van der Waals surface area contributed by atoms with Gasteiger partial charge in [-0.05, 0) is 61.9 Å². The fourth-order valence-electron chi connectivity index (χ4n) is 3.92. The molecule has 4 rings (SSSR count). The van der Waals surface area contributed by atoms with Crippen LogP contribution in [0.4, 0.5) is 10.8 Å². The van der Waals surface area contributed by atoms with E-state index in [0.717, 1.165) is 39.9 Å². The van der Waals surface area contributed by atoms with E-state index in [-0.39, 0.29) is 6.04 Å². The van der Waals surface area contributed by atoms with Crippen molar-refractivity contribution >= 4 is 44.2 Å². The van der Waals surface area contributed by atoms with Crippen LogP contribution in [0.3, 0.4) is 0 Å². The Morgan fingerprint density at radius 2 is 2.03 bits per heavy atom. The first-order chi connectivity index (χ1) is 14.3. The van der Waals surface area contributed by atoms with E-state index in [1.54, 1.807) is 11.1 Å². The predicted molar refractivity (Wildman–Crippen MR) is 119 cm³/mol. The number of hydrogen-bond acceptors (Lipinski definition) is 6. The molecule has 1 fully saturated rings. The number of anilines is 2. The molecule has 0 unspecified atom stereocenters. The van der Waals surface area contributed by atoms with Gasteiger partial charge in [-0.3, -0.25) is 14.6 Å². The van der Waals surface area contributed by atoms with Crippen LogP contribution in [0.15, 0.2) is 30.5 Å². The molecule has 0 bridgehead atoms. The number of hydrogen-bond donors (Lipinski definition) is 2. The number of rotatable bonds is 2. The van der Waals surface area contributed by atoms with Gasteiger partial charge in [0.15, 0.2) is 5.13 Å². The number of carbonyl (C=O) groups is 2. The third kappa shape index (κ3) is 4.00. The van der Waals surface area contributed by atoms with Crippen molar-refractivity contribution in [2.45, 2.75) is 39.7 Å². The summed E-state index contributed by atoms with van der Waals surface area (Å²) in [7, 11) is 0. The molecular formula is C22H25N5O2S. The van der Waals surface area contributed by atoms with Crippen LogP contribution in [0.5, 0.6) is 0 Å². The predicted octanol–water partition coefficient (Wildman–Crippen LogP) is 3.83. The highest BCUT2D eigenvalue weighted by atomic mass is 32.1. The SMILES string of the molecule is Cc1cc(NC(=O)C(=O)N2C[C@H](C)CC[C@H]2c2ccc3sc(N)nc3c2)cnc1C. The number of pyridine rings is 1. The molecule has 1 aliphatic heterocycles. The number of thiazole rings is 1. The molecule has 3 aromatic rings.